The van der Waals surface area contributed by atoms with Crippen molar-refractivity contribution in [1.82, 2.24) is 24.9 Å². The number of aliphatic hydroxyl groups excluding tert-OH is 1. The number of halogens is 2. The minimum Gasteiger partial charge on any atom is -0.390 e. The summed E-state index contributed by atoms with van der Waals surface area (Å²) in [6, 6.07) is 22.0. The van der Waals surface area contributed by atoms with Gasteiger partial charge in [0.2, 0.25) is 0 Å². The molecule has 48 heavy (non-hydrogen) atoms. The Morgan fingerprint density at radius 3 is 2.38 bits per heavy atom. The van der Waals surface area contributed by atoms with Crippen molar-refractivity contribution in [3.63, 3.8) is 0 Å². The van der Waals surface area contributed by atoms with Gasteiger partial charge in [-0.15, -0.1) is 0 Å². The zero-order valence-electron chi connectivity index (χ0n) is 26.9. The first kappa shape index (κ1) is 34.1. The van der Waals surface area contributed by atoms with Gasteiger partial charge in [-0.05, 0) is 47.9 Å². The zero-order valence-corrected chi connectivity index (χ0v) is 28.4. The van der Waals surface area contributed by atoms with E-state index < -0.39 is 17.9 Å². The molecule has 10 nitrogen and oxygen atoms in total. The number of primary amides is 1. The molecule has 4 aromatic rings. The van der Waals surface area contributed by atoms with Crippen LogP contribution in [0.5, 0.6) is 0 Å². The molecule has 4 N–H and O–H groups in total. The highest BCUT2D eigenvalue weighted by atomic mass is 35.5. The van der Waals surface area contributed by atoms with E-state index in [-0.39, 0.29) is 12.6 Å². The van der Waals surface area contributed by atoms with Gasteiger partial charge in [0.1, 0.15) is 0 Å². The number of β-amino-alcohol motifs (C(OH)–C–C–N with tert-alkyl or cyclic N) is 1. The number of morpholine rings is 1. The smallest absolute Gasteiger partial charge is 0.311 e. The summed E-state index contributed by atoms with van der Waals surface area (Å²) in [5, 5.41) is 20.9. The van der Waals surface area contributed by atoms with Gasteiger partial charge in [-0.2, -0.15) is 5.10 Å². The van der Waals surface area contributed by atoms with Crippen molar-refractivity contribution in [2.45, 2.75) is 51.7 Å². The number of amides is 2. The molecular formula is C36H40Cl2N6O4. The van der Waals surface area contributed by atoms with E-state index in [1.54, 1.807) is 0 Å². The molecular weight excluding hydrogens is 651 g/mol. The zero-order chi connectivity index (χ0) is 33.8. The van der Waals surface area contributed by atoms with E-state index in [9.17, 15) is 14.7 Å². The normalized spacial score (nSPS) is 17.2. The molecule has 0 unspecified atom stereocenters. The van der Waals surface area contributed by atoms with Crippen molar-refractivity contribution >= 4 is 35.0 Å². The van der Waals surface area contributed by atoms with Crippen LogP contribution in [-0.2, 0) is 46.9 Å². The Labute approximate surface area is 290 Å². The number of hydrogen-bond donors (Lipinski definition) is 3. The second-order valence-corrected chi connectivity index (χ2v) is 13.3. The third-order valence-electron chi connectivity index (χ3n) is 9.04. The van der Waals surface area contributed by atoms with E-state index in [1.165, 1.54) is 4.90 Å². The van der Waals surface area contributed by atoms with Crippen LogP contribution in [0.3, 0.4) is 0 Å². The van der Waals surface area contributed by atoms with Gasteiger partial charge in [-0.3, -0.25) is 19.2 Å². The Balaban J connectivity index is 1.24. The Bertz CT molecular complexity index is 1760. The largest absolute Gasteiger partial charge is 0.390 e. The number of carbonyl (C=O) groups excluding carboxylic acids is 2. The summed E-state index contributed by atoms with van der Waals surface area (Å²) >= 11 is 12.7. The average Bonchev–Trinajstić information content (AvgIpc) is 3.44. The van der Waals surface area contributed by atoms with Crippen LogP contribution in [0.15, 0.2) is 66.7 Å². The van der Waals surface area contributed by atoms with Gasteiger partial charge in [0.15, 0.2) is 0 Å². The number of nitrogens with one attached hydrogen (secondary N) is 1. The molecule has 6 rings (SSSR count). The number of nitrogens with zero attached hydrogens (tertiary/aromatic N) is 4. The number of benzene rings is 3. The van der Waals surface area contributed by atoms with Gasteiger partial charge in [-0.25, -0.2) is 0 Å². The number of aromatic nitrogens is 2. The molecule has 1 fully saturated rings. The van der Waals surface area contributed by atoms with Crippen molar-refractivity contribution in [3.05, 3.63) is 99.2 Å². The number of rotatable bonds is 10. The van der Waals surface area contributed by atoms with E-state index >= 15 is 0 Å². The second-order valence-electron chi connectivity index (χ2n) is 12.5. The molecule has 2 aliphatic heterocycles. The topological polar surface area (TPSA) is 126 Å². The Morgan fingerprint density at radius 2 is 1.69 bits per heavy atom. The maximum Gasteiger partial charge on any atom is 0.311 e. The fourth-order valence-corrected chi connectivity index (χ4v) is 6.77. The van der Waals surface area contributed by atoms with Crippen LogP contribution in [0.4, 0.5) is 0 Å². The third-order valence-corrected chi connectivity index (χ3v) is 9.62. The van der Waals surface area contributed by atoms with Gasteiger partial charge in [-0.1, -0.05) is 65.7 Å². The number of ether oxygens (including phenoxy) is 1. The SMILES string of the molecule is C[C@H]1COCCN1C[C@@H](O)Cn1nc(-c2ccc(Cl)c(-c3ccc(CNCc4ccc(Cl)cc4)cc3)c2)c2c1CCN(C(=O)C(N)=O)C2. The van der Waals surface area contributed by atoms with Gasteiger partial charge in [0, 0.05) is 77.6 Å². The number of hydrogen-bond acceptors (Lipinski definition) is 7. The molecule has 2 amide bonds. The second kappa shape index (κ2) is 15.2. The molecule has 12 heteroatoms. The molecule has 2 aliphatic rings. The Morgan fingerprint density at radius 1 is 1.00 bits per heavy atom. The minimum absolute atomic E-state index is 0.193. The first-order valence-corrected chi connectivity index (χ1v) is 16.9. The quantitative estimate of drug-likeness (QED) is 0.212. The molecule has 1 aromatic heterocycles. The summed E-state index contributed by atoms with van der Waals surface area (Å²) in [6.07, 6.45) is -0.177. The van der Waals surface area contributed by atoms with Crippen LogP contribution in [-0.4, -0.2) is 81.5 Å². The molecule has 1 saturated heterocycles. The van der Waals surface area contributed by atoms with Crippen LogP contribution in [0.2, 0.25) is 10.0 Å². The molecule has 0 radical (unpaired) electrons. The lowest BCUT2D eigenvalue weighted by atomic mass is 9.97. The fourth-order valence-electron chi connectivity index (χ4n) is 6.41. The number of nitrogens with two attached hydrogens (primary N) is 1. The van der Waals surface area contributed by atoms with Gasteiger partial charge >= 0.3 is 11.8 Å². The van der Waals surface area contributed by atoms with Crippen molar-refractivity contribution in [3.8, 4) is 22.4 Å². The van der Waals surface area contributed by atoms with E-state index in [1.807, 2.05) is 47.1 Å². The molecule has 3 heterocycles. The van der Waals surface area contributed by atoms with Crippen molar-refractivity contribution < 1.29 is 19.4 Å². The van der Waals surface area contributed by atoms with Crippen LogP contribution in [0.1, 0.15) is 29.3 Å². The van der Waals surface area contributed by atoms with Crippen molar-refractivity contribution in [1.29, 1.82) is 0 Å². The minimum atomic E-state index is -0.986. The van der Waals surface area contributed by atoms with Crippen LogP contribution in [0.25, 0.3) is 22.4 Å². The third kappa shape index (κ3) is 7.92. The number of fused-ring (bicyclic) bond motifs is 1. The summed E-state index contributed by atoms with van der Waals surface area (Å²) < 4.78 is 7.41. The van der Waals surface area contributed by atoms with Crippen molar-refractivity contribution in [2.24, 2.45) is 5.73 Å². The molecule has 252 valence electrons. The number of carbonyl (C=O) groups is 2. The molecule has 0 spiro atoms. The molecule has 0 bridgehead atoms. The first-order valence-electron chi connectivity index (χ1n) is 16.2. The Hall–Kier alpha value is -3.77. The predicted octanol–water partition coefficient (Wildman–Crippen LogP) is 4.27. The lowest BCUT2D eigenvalue weighted by Gasteiger charge is -2.34. The van der Waals surface area contributed by atoms with E-state index in [0.29, 0.717) is 56.5 Å². The summed E-state index contributed by atoms with van der Waals surface area (Å²) in [7, 11) is 0. The molecule has 2 atom stereocenters. The molecule has 3 aromatic carbocycles. The molecule has 0 saturated carbocycles. The van der Waals surface area contributed by atoms with Gasteiger partial charge in [0.25, 0.3) is 0 Å². The highest BCUT2D eigenvalue weighted by molar-refractivity contribution is 6.34. The van der Waals surface area contributed by atoms with Crippen LogP contribution >= 0.6 is 23.2 Å². The maximum atomic E-state index is 12.6. The predicted molar refractivity (Wildman–Crippen MR) is 186 cm³/mol. The number of aliphatic hydroxyl groups is 1. The summed E-state index contributed by atoms with van der Waals surface area (Å²) in [5.74, 6) is -1.71. The lowest BCUT2D eigenvalue weighted by molar-refractivity contribution is -0.144. The summed E-state index contributed by atoms with van der Waals surface area (Å²) in [6.45, 7) is 6.90. The van der Waals surface area contributed by atoms with Crippen LogP contribution in [0, 0.1) is 0 Å². The van der Waals surface area contributed by atoms with Gasteiger partial charge < -0.3 is 25.8 Å². The van der Waals surface area contributed by atoms with Gasteiger partial charge in [0.05, 0.1) is 38.1 Å². The maximum absolute atomic E-state index is 12.6. The highest BCUT2D eigenvalue weighted by Gasteiger charge is 2.31. The fraction of sp³-hybridized carbons (Fsp3) is 0.361. The van der Waals surface area contributed by atoms with E-state index in [0.717, 1.165) is 57.2 Å². The average molecular weight is 692 g/mol. The summed E-state index contributed by atoms with van der Waals surface area (Å²) in [5.41, 5.74) is 12.7. The van der Waals surface area contributed by atoms with E-state index in [2.05, 4.69) is 41.4 Å². The van der Waals surface area contributed by atoms with E-state index in [4.69, 9.17) is 38.8 Å². The lowest BCUT2D eigenvalue weighted by Crippen LogP contribution is -2.47. The van der Waals surface area contributed by atoms with Crippen LogP contribution < -0.4 is 11.1 Å². The standard InChI is InChI=1S/C36H40Cl2N6O4/c1-23-22-48-15-14-42(23)19-29(45)20-44-33-12-13-43(36(47)35(39)46)21-31(33)34(41-44)27-8-11-32(38)30(16-27)26-6-2-24(3-7-26)17-40-18-25-4-9-28(37)10-5-25/h2-11,16,23,29,40,45H,12-15,17-22H2,1H3,(H2,39,46)/t23-,29+/m0/s1. The first-order chi connectivity index (χ1) is 23.2. The molecule has 0 aliphatic carbocycles. The Kier molecular flexibility index (Phi) is 10.8. The highest BCUT2D eigenvalue weighted by Crippen LogP contribution is 2.36. The van der Waals surface area contributed by atoms with Crippen molar-refractivity contribution in [2.75, 3.05) is 32.8 Å². The monoisotopic (exact) mass is 690 g/mol. The summed E-state index contributed by atoms with van der Waals surface area (Å²) in [4.78, 5) is 28.1.